The van der Waals surface area contributed by atoms with Crippen molar-refractivity contribution in [3.63, 3.8) is 0 Å². The molecule has 6 nitrogen and oxygen atoms in total. The van der Waals surface area contributed by atoms with Gasteiger partial charge >= 0.3 is 0 Å². The van der Waals surface area contributed by atoms with Crippen LogP contribution in [-0.4, -0.2) is 30.3 Å². The molecule has 1 aromatic carbocycles. The summed E-state index contributed by atoms with van der Waals surface area (Å²) in [4.78, 5) is 23.9. The minimum absolute atomic E-state index is 0.0258. The number of imide groups is 1. The highest BCUT2D eigenvalue weighted by Crippen LogP contribution is 2.29. The molecule has 0 fully saturated rings. The molecule has 1 aliphatic rings. The summed E-state index contributed by atoms with van der Waals surface area (Å²) in [5.74, 6) is -1.93. The van der Waals surface area contributed by atoms with E-state index in [0.717, 1.165) is 0 Å². The first-order valence-corrected chi connectivity index (χ1v) is 7.01. The van der Waals surface area contributed by atoms with Crippen molar-refractivity contribution in [1.82, 2.24) is 4.31 Å². The minimum Gasteiger partial charge on any atom is -0.398 e. The van der Waals surface area contributed by atoms with Crippen LogP contribution in [0.15, 0.2) is 18.2 Å². The third kappa shape index (κ3) is 1.67. The van der Waals surface area contributed by atoms with E-state index in [-0.39, 0.29) is 22.6 Å². The van der Waals surface area contributed by atoms with Crippen LogP contribution in [0.1, 0.15) is 34.1 Å². The zero-order valence-electron chi connectivity index (χ0n) is 9.71. The zero-order chi connectivity index (χ0) is 13.5. The number of carbonyl (C=O) groups excluding carboxylic acids is 2. The second-order valence-electron chi connectivity index (χ2n) is 3.96. The van der Waals surface area contributed by atoms with Crippen molar-refractivity contribution in [2.75, 3.05) is 11.5 Å². The van der Waals surface area contributed by atoms with Crippen LogP contribution in [0.3, 0.4) is 0 Å². The number of nitrogens with two attached hydrogens (primary N) is 1. The van der Waals surface area contributed by atoms with E-state index in [4.69, 9.17) is 5.73 Å². The number of anilines is 1. The van der Waals surface area contributed by atoms with Crippen LogP contribution in [0.25, 0.3) is 0 Å². The number of carbonyl (C=O) groups is 2. The van der Waals surface area contributed by atoms with Crippen LogP contribution in [0.4, 0.5) is 5.69 Å². The van der Waals surface area contributed by atoms with E-state index < -0.39 is 21.8 Å². The van der Waals surface area contributed by atoms with Gasteiger partial charge in [-0.1, -0.05) is 13.0 Å². The van der Waals surface area contributed by atoms with Crippen molar-refractivity contribution in [3.8, 4) is 0 Å². The molecule has 2 rings (SSSR count). The molecule has 0 aliphatic carbocycles. The van der Waals surface area contributed by atoms with E-state index in [1.807, 2.05) is 0 Å². The van der Waals surface area contributed by atoms with Crippen molar-refractivity contribution in [1.29, 1.82) is 0 Å². The largest absolute Gasteiger partial charge is 0.398 e. The SMILES string of the molecule is CCCS(=O)(=O)N1C(=O)c2cccc(N)c2C1=O. The zero-order valence-corrected chi connectivity index (χ0v) is 10.5. The highest BCUT2D eigenvalue weighted by molar-refractivity contribution is 7.90. The lowest BCUT2D eigenvalue weighted by Crippen LogP contribution is -2.37. The molecule has 1 heterocycles. The molecule has 0 saturated heterocycles. The summed E-state index contributed by atoms with van der Waals surface area (Å²) in [5, 5.41) is 0. The lowest BCUT2D eigenvalue weighted by molar-refractivity contribution is 0.0766. The molecule has 96 valence electrons. The molecular formula is C11H12N2O4S. The first-order valence-electron chi connectivity index (χ1n) is 5.40. The van der Waals surface area contributed by atoms with E-state index in [1.165, 1.54) is 18.2 Å². The van der Waals surface area contributed by atoms with Crippen LogP contribution in [0, 0.1) is 0 Å². The van der Waals surface area contributed by atoms with Crippen molar-refractivity contribution < 1.29 is 18.0 Å². The van der Waals surface area contributed by atoms with Gasteiger partial charge in [0.2, 0.25) is 10.0 Å². The van der Waals surface area contributed by atoms with Gasteiger partial charge in [0.25, 0.3) is 11.8 Å². The average molecular weight is 268 g/mol. The lowest BCUT2D eigenvalue weighted by atomic mass is 10.1. The molecule has 1 aliphatic heterocycles. The van der Waals surface area contributed by atoms with E-state index in [9.17, 15) is 18.0 Å². The molecule has 0 spiro atoms. The Labute approximate surface area is 104 Å². The number of nitrogens with zero attached hydrogens (tertiary/aromatic N) is 1. The van der Waals surface area contributed by atoms with Gasteiger partial charge < -0.3 is 5.73 Å². The number of benzene rings is 1. The van der Waals surface area contributed by atoms with E-state index in [1.54, 1.807) is 6.92 Å². The second-order valence-corrected chi connectivity index (χ2v) is 5.90. The molecule has 1 aromatic rings. The Morgan fingerprint density at radius 1 is 1.22 bits per heavy atom. The highest BCUT2D eigenvalue weighted by Gasteiger charge is 2.43. The van der Waals surface area contributed by atoms with Crippen LogP contribution >= 0.6 is 0 Å². The van der Waals surface area contributed by atoms with Gasteiger partial charge in [-0.3, -0.25) is 9.59 Å². The van der Waals surface area contributed by atoms with Crippen LogP contribution in [-0.2, 0) is 10.0 Å². The molecule has 18 heavy (non-hydrogen) atoms. The third-order valence-electron chi connectivity index (χ3n) is 2.65. The monoisotopic (exact) mass is 268 g/mol. The summed E-state index contributed by atoms with van der Waals surface area (Å²) in [6.45, 7) is 1.66. The lowest BCUT2D eigenvalue weighted by Gasteiger charge is -2.13. The van der Waals surface area contributed by atoms with Crippen molar-refractivity contribution >= 4 is 27.5 Å². The molecule has 0 aromatic heterocycles. The van der Waals surface area contributed by atoms with Gasteiger partial charge in [0.15, 0.2) is 0 Å². The number of nitrogen functional groups attached to an aromatic ring is 1. The van der Waals surface area contributed by atoms with E-state index >= 15 is 0 Å². The minimum atomic E-state index is -3.91. The average Bonchev–Trinajstić information content (AvgIpc) is 2.53. The van der Waals surface area contributed by atoms with E-state index in [2.05, 4.69) is 0 Å². The molecule has 0 unspecified atom stereocenters. The summed E-state index contributed by atoms with van der Waals surface area (Å²) < 4.78 is 24.1. The summed E-state index contributed by atoms with van der Waals surface area (Å²) in [6.07, 6.45) is 0.325. The smallest absolute Gasteiger partial charge is 0.277 e. The standard InChI is InChI=1S/C11H12N2O4S/c1-2-6-18(16,17)13-10(14)7-4-3-5-8(12)9(7)11(13)15/h3-5H,2,6,12H2,1H3. The first-order chi connectivity index (χ1) is 8.40. The Kier molecular flexibility index (Phi) is 2.86. The molecule has 2 N–H and O–H groups in total. The van der Waals surface area contributed by atoms with Gasteiger partial charge in [-0.2, -0.15) is 4.31 Å². The number of hydrogen-bond acceptors (Lipinski definition) is 5. The molecule has 0 bridgehead atoms. The molecule has 0 saturated carbocycles. The second kappa shape index (κ2) is 4.09. The van der Waals surface area contributed by atoms with Crippen molar-refractivity contribution in [2.24, 2.45) is 0 Å². The highest BCUT2D eigenvalue weighted by atomic mass is 32.2. The van der Waals surface area contributed by atoms with Gasteiger partial charge in [-0.15, -0.1) is 0 Å². The fraction of sp³-hybridized carbons (Fsp3) is 0.273. The summed E-state index contributed by atoms with van der Waals surface area (Å²) in [7, 11) is -3.91. The van der Waals surface area contributed by atoms with E-state index in [0.29, 0.717) is 10.7 Å². The molecular weight excluding hydrogens is 256 g/mol. The summed E-state index contributed by atoms with van der Waals surface area (Å²) in [5.41, 5.74) is 5.74. The van der Waals surface area contributed by atoms with Crippen molar-refractivity contribution in [3.05, 3.63) is 29.3 Å². The first kappa shape index (κ1) is 12.6. The van der Waals surface area contributed by atoms with Crippen LogP contribution < -0.4 is 5.73 Å². The Hall–Kier alpha value is -1.89. The fourth-order valence-corrected chi connectivity index (χ4v) is 3.29. The molecule has 2 amide bonds. The fourth-order valence-electron chi connectivity index (χ4n) is 1.89. The van der Waals surface area contributed by atoms with Gasteiger partial charge in [0, 0.05) is 5.69 Å². The topological polar surface area (TPSA) is 97.5 Å². The Balaban J connectivity index is 2.57. The number of rotatable bonds is 3. The quantitative estimate of drug-likeness (QED) is 0.639. The Morgan fingerprint density at radius 3 is 2.44 bits per heavy atom. The third-order valence-corrected chi connectivity index (χ3v) is 4.46. The Morgan fingerprint density at radius 2 is 1.89 bits per heavy atom. The maximum atomic E-state index is 12.0. The van der Waals surface area contributed by atoms with Crippen LogP contribution in [0.2, 0.25) is 0 Å². The number of sulfonamides is 1. The molecule has 7 heteroatoms. The normalized spacial score (nSPS) is 15.1. The van der Waals surface area contributed by atoms with Gasteiger partial charge in [0.05, 0.1) is 16.9 Å². The van der Waals surface area contributed by atoms with Crippen LogP contribution in [0.5, 0.6) is 0 Å². The summed E-state index contributed by atoms with van der Waals surface area (Å²) >= 11 is 0. The van der Waals surface area contributed by atoms with Gasteiger partial charge in [-0.25, -0.2) is 8.42 Å². The maximum absolute atomic E-state index is 12.0. The number of hydrogen-bond donors (Lipinski definition) is 1. The molecule has 0 radical (unpaired) electrons. The van der Waals surface area contributed by atoms with Crippen molar-refractivity contribution in [2.45, 2.75) is 13.3 Å². The number of amides is 2. The predicted molar refractivity (Wildman–Crippen MR) is 65.4 cm³/mol. The predicted octanol–water partition coefficient (Wildman–Crippen LogP) is 0.605. The number of fused-ring (bicyclic) bond motifs is 1. The molecule has 0 atom stereocenters. The summed E-state index contributed by atoms with van der Waals surface area (Å²) in [6, 6.07) is 4.36. The Bertz CT molecular complexity index is 636. The van der Waals surface area contributed by atoms with Gasteiger partial charge in [-0.05, 0) is 18.6 Å². The maximum Gasteiger partial charge on any atom is 0.277 e. The van der Waals surface area contributed by atoms with Gasteiger partial charge in [0.1, 0.15) is 0 Å².